The highest BCUT2D eigenvalue weighted by Gasteiger charge is 2.53. The third-order valence-corrected chi connectivity index (χ3v) is 10.5. The van der Waals surface area contributed by atoms with Gasteiger partial charge in [0.05, 0.1) is 0 Å². The minimum absolute atomic E-state index is 0.246. The molecule has 0 radical (unpaired) electrons. The van der Waals surface area contributed by atoms with Gasteiger partial charge in [0, 0.05) is 70.9 Å². The Balaban J connectivity index is 0.000000144. The van der Waals surface area contributed by atoms with Crippen molar-refractivity contribution in [2.24, 2.45) is 11.8 Å². The van der Waals surface area contributed by atoms with Gasteiger partial charge in [0.25, 0.3) is 5.79 Å². The van der Waals surface area contributed by atoms with E-state index in [1.807, 2.05) is 83.1 Å². The second kappa shape index (κ2) is 18.4. The quantitative estimate of drug-likeness (QED) is 0.291. The van der Waals surface area contributed by atoms with Crippen LogP contribution in [0.15, 0.2) is 48.5 Å². The van der Waals surface area contributed by atoms with E-state index in [0.717, 1.165) is 86.2 Å². The van der Waals surface area contributed by atoms with Crippen LogP contribution in [0.25, 0.3) is 0 Å². The van der Waals surface area contributed by atoms with Crippen LogP contribution < -0.4 is 18.9 Å². The number of hydrogen-bond donors (Lipinski definition) is 0. The van der Waals surface area contributed by atoms with E-state index in [0.29, 0.717) is 30.1 Å². The van der Waals surface area contributed by atoms with Crippen LogP contribution in [0.3, 0.4) is 0 Å². The van der Waals surface area contributed by atoms with Crippen molar-refractivity contribution in [3.8, 4) is 23.0 Å². The highest BCUT2D eigenvalue weighted by atomic mass is 16.7. The molecule has 5 fully saturated rings. The Hall–Kier alpha value is -3.43. The number of nitrogens with zero attached hydrogens (tertiary/aromatic N) is 2. The lowest BCUT2D eigenvalue weighted by molar-refractivity contribution is -0.123. The van der Waals surface area contributed by atoms with E-state index in [1.54, 1.807) is 6.92 Å². The van der Waals surface area contributed by atoms with E-state index in [4.69, 9.17) is 18.9 Å². The van der Waals surface area contributed by atoms with Gasteiger partial charge in [0.15, 0.2) is 23.0 Å². The van der Waals surface area contributed by atoms with Crippen molar-refractivity contribution in [3.63, 3.8) is 0 Å². The Kier molecular flexibility index (Phi) is 14.5. The van der Waals surface area contributed by atoms with E-state index in [2.05, 4.69) is 23.9 Å². The normalized spacial score (nSPS) is 26.5. The van der Waals surface area contributed by atoms with Gasteiger partial charge in [0.2, 0.25) is 5.79 Å². The van der Waals surface area contributed by atoms with Crippen LogP contribution in [-0.2, 0) is 14.4 Å². The first-order valence-corrected chi connectivity index (χ1v) is 19.2. The number of para-hydroxylation sites is 4. The molecule has 0 amide bonds. The summed E-state index contributed by atoms with van der Waals surface area (Å²) in [4.78, 5) is 36.8. The van der Waals surface area contributed by atoms with E-state index in [9.17, 15) is 14.4 Å². The number of ether oxygens (including phenoxy) is 4. The maximum atomic E-state index is 11.1. The monoisotopic (exact) mass is 706 g/mol. The van der Waals surface area contributed by atoms with Gasteiger partial charge < -0.3 is 33.5 Å². The Morgan fingerprint density at radius 3 is 1.37 bits per heavy atom. The fourth-order valence-electron chi connectivity index (χ4n) is 7.37. The van der Waals surface area contributed by atoms with Crippen molar-refractivity contribution < 1.29 is 33.3 Å². The van der Waals surface area contributed by atoms with Crippen LogP contribution in [0.4, 0.5) is 0 Å². The molecule has 0 N–H and O–H groups in total. The van der Waals surface area contributed by atoms with Crippen molar-refractivity contribution in [1.82, 2.24) is 9.80 Å². The number of fused-ring (bicyclic) bond motifs is 4. The predicted octanol–water partition coefficient (Wildman–Crippen LogP) is 8.27. The molecule has 4 unspecified atom stereocenters. The van der Waals surface area contributed by atoms with Crippen LogP contribution in [0.5, 0.6) is 23.0 Å². The molecule has 4 aliphatic heterocycles. The first-order chi connectivity index (χ1) is 24.4. The molecule has 4 heterocycles. The molecule has 3 aliphatic carbocycles. The zero-order valence-corrected chi connectivity index (χ0v) is 32.4. The summed E-state index contributed by atoms with van der Waals surface area (Å²) in [6.07, 6.45) is 11.0. The van der Waals surface area contributed by atoms with Crippen molar-refractivity contribution in [2.75, 3.05) is 27.2 Å². The summed E-state index contributed by atoms with van der Waals surface area (Å²) in [5.41, 5.74) is 0. The van der Waals surface area contributed by atoms with Crippen LogP contribution >= 0.6 is 0 Å². The molecule has 7 aliphatic rings. The van der Waals surface area contributed by atoms with Crippen LogP contribution in [0.2, 0.25) is 0 Å². The van der Waals surface area contributed by atoms with Gasteiger partial charge in [-0.2, -0.15) is 0 Å². The Morgan fingerprint density at radius 2 is 1.04 bits per heavy atom. The van der Waals surface area contributed by atoms with Crippen molar-refractivity contribution in [1.29, 1.82) is 0 Å². The number of Topliss-reactive ketones (excluding diaryl/α,β-unsaturated/α-hetero) is 3. The number of carbonyl (C=O) groups excluding carboxylic acids is 3. The van der Waals surface area contributed by atoms with Gasteiger partial charge in [-0.05, 0) is 95.9 Å². The number of benzene rings is 2. The van der Waals surface area contributed by atoms with Gasteiger partial charge in [-0.15, -0.1) is 0 Å². The molecule has 2 aromatic rings. The van der Waals surface area contributed by atoms with E-state index in [-0.39, 0.29) is 11.6 Å². The Morgan fingerprint density at radius 1 is 0.686 bits per heavy atom. The molecular weight excluding hydrogens is 644 g/mol. The molecule has 9 rings (SSSR count). The molecule has 3 saturated carbocycles. The summed E-state index contributed by atoms with van der Waals surface area (Å²) < 4.78 is 22.1. The molecule has 4 atom stereocenters. The number of likely N-dealkylation sites (tertiary alicyclic amines) is 2. The first kappa shape index (κ1) is 40.3. The molecule has 51 heavy (non-hydrogen) atoms. The first-order valence-electron chi connectivity index (χ1n) is 19.2. The van der Waals surface area contributed by atoms with E-state index >= 15 is 0 Å². The lowest BCUT2D eigenvalue weighted by Gasteiger charge is -2.28. The van der Waals surface area contributed by atoms with Gasteiger partial charge in [-0.25, -0.2) is 0 Å². The highest BCUT2D eigenvalue weighted by molar-refractivity contribution is 5.80. The maximum Gasteiger partial charge on any atom is 0.252 e. The lowest BCUT2D eigenvalue weighted by atomic mass is 9.84. The molecule has 2 saturated heterocycles. The van der Waals surface area contributed by atoms with Crippen molar-refractivity contribution >= 4 is 17.3 Å². The summed E-state index contributed by atoms with van der Waals surface area (Å²) in [6.45, 7) is 13.6. The molecule has 0 aromatic heterocycles. The maximum absolute atomic E-state index is 11.1. The molecule has 1 spiro atoms. The van der Waals surface area contributed by atoms with Gasteiger partial charge in [-0.1, -0.05) is 45.0 Å². The Bertz CT molecular complexity index is 1310. The standard InChI is InChI=1S/2C9H15NO.C9H8O2.C9H10O2.C4H8O.C2H6/c2*1-10-5-4-7-2-3-8(11)6-9(7)10;1-2-4-8-7(3-1)10-9(11-8)5-6-9;1-9(2)10-7-5-3-4-6-8(7)11-9;1-3-4(2)5;1-2/h2*7,9H,2-6H2,1H3;1-4H,5-6H2;3-6H,1-2H3;3H2,1-2H3;1-2H3. The Labute approximate surface area is 306 Å². The summed E-state index contributed by atoms with van der Waals surface area (Å²) in [6, 6.07) is 16.7. The van der Waals surface area contributed by atoms with Crippen LogP contribution in [-0.4, -0.2) is 78.0 Å². The summed E-state index contributed by atoms with van der Waals surface area (Å²) in [7, 11) is 4.28. The SMILES string of the molecule is CC.CC1(C)Oc2ccccc2O1.CCC(C)=O.CN1CCC2CCC(=O)CC21.CN1CCC2CCC(=O)CC21.c1ccc2c(c1)OC1(CC1)O2. The molecule has 2 aromatic carbocycles. The average molecular weight is 707 g/mol. The van der Waals surface area contributed by atoms with Gasteiger partial charge in [0.1, 0.15) is 17.3 Å². The molecule has 282 valence electrons. The molecule has 9 heteroatoms. The van der Waals surface area contributed by atoms with Crippen LogP contribution in [0, 0.1) is 11.8 Å². The predicted molar refractivity (Wildman–Crippen MR) is 201 cm³/mol. The minimum atomic E-state index is -0.496. The number of hydrogen-bond acceptors (Lipinski definition) is 9. The second-order valence-corrected chi connectivity index (χ2v) is 14.9. The van der Waals surface area contributed by atoms with Crippen molar-refractivity contribution in [3.05, 3.63) is 48.5 Å². The third-order valence-electron chi connectivity index (χ3n) is 10.5. The molecular formula is C42H62N2O7. The van der Waals surface area contributed by atoms with Gasteiger partial charge >= 0.3 is 0 Å². The zero-order valence-electron chi connectivity index (χ0n) is 32.4. The average Bonchev–Trinajstić information content (AvgIpc) is 3.36. The second-order valence-electron chi connectivity index (χ2n) is 14.9. The topological polar surface area (TPSA) is 94.6 Å². The van der Waals surface area contributed by atoms with Gasteiger partial charge in [-0.3, -0.25) is 9.59 Å². The molecule has 0 bridgehead atoms. The third kappa shape index (κ3) is 11.5. The van der Waals surface area contributed by atoms with Crippen LogP contribution in [0.1, 0.15) is 112 Å². The summed E-state index contributed by atoms with van der Waals surface area (Å²) in [5.74, 6) is 5.57. The fraction of sp³-hybridized carbons (Fsp3) is 0.643. The molecule has 9 nitrogen and oxygen atoms in total. The van der Waals surface area contributed by atoms with Crippen molar-refractivity contribution in [2.45, 2.75) is 136 Å². The minimum Gasteiger partial charge on any atom is -0.449 e. The highest BCUT2D eigenvalue weighted by Crippen LogP contribution is 2.50. The van der Waals surface area contributed by atoms with E-state index in [1.165, 1.54) is 25.9 Å². The smallest absolute Gasteiger partial charge is 0.252 e. The largest absolute Gasteiger partial charge is 0.449 e. The summed E-state index contributed by atoms with van der Waals surface area (Å²) in [5, 5.41) is 0. The van der Waals surface area contributed by atoms with E-state index < -0.39 is 5.79 Å². The number of rotatable bonds is 1. The number of ketones is 3. The fourth-order valence-corrected chi connectivity index (χ4v) is 7.37. The zero-order chi connectivity index (χ0) is 37.2. The summed E-state index contributed by atoms with van der Waals surface area (Å²) >= 11 is 0. The lowest BCUT2D eigenvalue weighted by Crippen LogP contribution is -2.35. The number of carbonyl (C=O) groups is 3.